The molecule has 0 aliphatic carbocycles. The van der Waals surface area contributed by atoms with Crippen LogP contribution in [-0.2, 0) is 11.3 Å². The largest absolute Gasteiger partial charge is 0.493 e. The number of furan rings is 1. The maximum atomic E-state index is 12.7. The van der Waals surface area contributed by atoms with Crippen LogP contribution in [0, 0.1) is 17.2 Å². The number of hydrogen-bond donors (Lipinski definition) is 1. The molecule has 1 aliphatic heterocycles. The Balaban J connectivity index is 1.34. The number of nitrogens with one attached hydrogen (secondary N) is 1. The van der Waals surface area contributed by atoms with Crippen molar-refractivity contribution in [3.63, 3.8) is 0 Å². The molecule has 0 atom stereocenters. The molecule has 1 aromatic carbocycles. The minimum atomic E-state index is -0.107. The summed E-state index contributed by atoms with van der Waals surface area (Å²) in [5.74, 6) is 2.34. The highest BCUT2D eigenvalue weighted by atomic mass is 16.5. The minimum Gasteiger partial charge on any atom is -0.493 e. The lowest BCUT2D eigenvalue weighted by atomic mass is 9.96. The van der Waals surface area contributed by atoms with Crippen LogP contribution in [0.5, 0.6) is 11.5 Å². The summed E-state index contributed by atoms with van der Waals surface area (Å²) in [5.41, 5.74) is 1.15. The van der Waals surface area contributed by atoms with E-state index in [-0.39, 0.29) is 23.4 Å². The number of methoxy groups -OCH3 is 2. The number of aromatic nitrogens is 1. The molecule has 3 aromatic rings. The van der Waals surface area contributed by atoms with Crippen molar-refractivity contribution in [1.82, 2.24) is 10.3 Å². The van der Waals surface area contributed by atoms with Crippen LogP contribution in [0.4, 0.5) is 5.88 Å². The summed E-state index contributed by atoms with van der Waals surface area (Å²) >= 11 is 0. The van der Waals surface area contributed by atoms with E-state index in [1.165, 1.54) is 6.26 Å². The van der Waals surface area contributed by atoms with Gasteiger partial charge in [0.25, 0.3) is 5.89 Å². The number of anilines is 1. The third-order valence-corrected chi connectivity index (χ3v) is 5.51. The quantitative estimate of drug-likeness (QED) is 0.600. The molecule has 1 aliphatic rings. The van der Waals surface area contributed by atoms with Gasteiger partial charge in [0.1, 0.15) is 6.07 Å². The number of piperidine rings is 1. The van der Waals surface area contributed by atoms with Gasteiger partial charge in [0.05, 0.1) is 20.5 Å². The highest BCUT2D eigenvalue weighted by Gasteiger charge is 2.29. The van der Waals surface area contributed by atoms with Crippen molar-refractivity contribution in [3.8, 4) is 29.2 Å². The normalized spacial score (nSPS) is 14.1. The van der Waals surface area contributed by atoms with Gasteiger partial charge in [-0.15, -0.1) is 0 Å². The molecule has 1 amide bonds. The third-order valence-electron chi connectivity index (χ3n) is 5.51. The molecule has 0 saturated carbocycles. The van der Waals surface area contributed by atoms with E-state index < -0.39 is 0 Å². The van der Waals surface area contributed by atoms with Crippen LogP contribution in [0.15, 0.2) is 45.4 Å². The summed E-state index contributed by atoms with van der Waals surface area (Å²) in [7, 11) is 3.17. The summed E-state index contributed by atoms with van der Waals surface area (Å²) in [6, 6.07) is 11.1. The standard InChI is InChI=1S/C23H24N4O5/c1-29-18-6-5-15(12-20(18)30-2)14-25-21(28)16-7-9-27(10-8-16)23-17(13-24)26-22(32-23)19-4-3-11-31-19/h3-6,11-12,16H,7-10,14H2,1-2H3,(H,25,28). The highest BCUT2D eigenvalue weighted by Crippen LogP contribution is 2.31. The highest BCUT2D eigenvalue weighted by molar-refractivity contribution is 5.79. The topological polar surface area (TPSA) is 114 Å². The van der Waals surface area contributed by atoms with E-state index in [4.69, 9.17) is 18.3 Å². The number of nitriles is 1. The monoisotopic (exact) mass is 436 g/mol. The zero-order valence-corrected chi connectivity index (χ0v) is 18.0. The fourth-order valence-electron chi connectivity index (χ4n) is 3.77. The van der Waals surface area contributed by atoms with Crippen molar-refractivity contribution >= 4 is 11.8 Å². The van der Waals surface area contributed by atoms with E-state index in [9.17, 15) is 10.1 Å². The van der Waals surface area contributed by atoms with Gasteiger partial charge >= 0.3 is 0 Å². The van der Waals surface area contributed by atoms with Gasteiger partial charge in [0, 0.05) is 25.6 Å². The van der Waals surface area contributed by atoms with Crippen LogP contribution < -0.4 is 19.7 Å². The lowest BCUT2D eigenvalue weighted by Crippen LogP contribution is -2.40. The Bertz CT molecular complexity index is 1110. The Morgan fingerprint density at radius 2 is 2.03 bits per heavy atom. The maximum absolute atomic E-state index is 12.7. The predicted octanol–water partition coefficient (Wildman–Crippen LogP) is 3.36. The molecular formula is C23H24N4O5. The SMILES string of the molecule is COc1ccc(CNC(=O)C2CCN(c3oc(-c4ccco4)nc3C#N)CC2)cc1OC. The molecule has 2 aromatic heterocycles. The van der Waals surface area contributed by atoms with Crippen LogP contribution in [-0.4, -0.2) is 38.2 Å². The second-order valence-electron chi connectivity index (χ2n) is 7.43. The van der Waals surface area contributed by atoms with Crippen molar-refractivity contribution in [1.29, 1.82) is 5.26 Å². The van der Waals surface area contributed by atoms with E-state index in [0.717, 1.165) is 5.56 Å². The molecule has 4 rings (SSSR count). The number of nitrogens with zero attached hydrogens (tertiary/aromatic N) is 3. The maximum Gasteiger partial charge on any atom is 0.266 e. The molecule has 0 bridgehead atoms. The van der Waals surface area contributed by atoms with E-state index in [1.807, 2.05) is 23.1 Å². The smallest absolute Gasteiger partial charge is 0.266 e. The lowest BCUT2D eigenvalue weighted by molar-refractivity contribution is -0.125. The predicted molar refractivity (Wildman–Crippen MR) is 115 cm³/mol. The van der Waals surface area contributed by atoms with Gasteiger partial charge in [-0.25, -0.2) is 0 Å². The first kappa shape index (κ1) is 21.3. The average Bonchev–Trinajstić information content (AvgIpc) is 3.52. The molecule has 1 fully saturated rings. The number of oxazole rings is 1. The van der Waals surface area contributed by atoms with Crippen LogP contribution in [0.3, 0.4) is 0 Å². The minimum absolute atomic E-state index is 0.00814. The van der Waals surface area contributed by atoms with Crippen molar-refractivity contribution in [3.05, 3.63) is 47.9 Å². The molecule has 1 N–H and O–H groups in total. The number of amides is 1. The van der Waals surface area contributed by atoms with Crippen LogP contribution in [0.1, 0.15) is 24.1 Å². The summed E-state index contributed by atoms with van der Waals surface area (Å²) < 4.78 is 21.7. The number of rotatable bonds is 7. The van der Waals surface area contributed by atoms with E-state index in [1.54, 1.807) is 26.4 Å². The van der Waals surface area contributed by atoms with E-state index >= 15 is 0 Å². The Morgan fingerprint density at radius 1 is 1.25 bits per heavy atom. The van der Waals surface area contributed by atoms with Crippen molar-refractivity contribution in [2.75, 3.05) is 32.2 Å². The van der Waals surface area contributed by atoms with Crippen molar-refractivity contribution in [2.45, 2.75) is 19.4 Å². The molecule has 9 nitrogen and oxygen atoms in total. The van der Waals surface area contributed by atoms with Gasteiger partial charge in [0.2, 0.25) is 17.5 Å². The number of hydrogen-bond acceptors (Lipinski definition) is 8. The van der Waals surface area contributed by atoms with Crippen LogP contribution in [0.2, 0.25) is 0 Å². The lowest BCUT2D eigenvalue weighted by Gasteiger charge is -2.31. The summed E-state index contributed by atoms with van der Waals surface area (Å²) in [4.78, 5) is 18.9. The molecule has 166 valence electrons. The number of ether oxygens (including phenoxy) is 2. The molecule has 32 heavy (non-hydrogen) atoms. The Kier molecular flexibility index (Phi) is 6.31. The van der Waals surface area contributed by atoms with Gasteiger partial charge in [-0.3, -0.25) is 4.79 Å². The summed E-state index contributed by atoms with van der Waals surface area (Å²) in [6.07, 6.45) is 2.83. The Labute approximate surface area is 185 Å². The van der Waals surface area contributed by atoms with Gasteiger partial charge in [-0.05, 0) is 42.7 Å². The molecule has 0 spiro atoms. The van der Waals surface area contributed by atoms with Gasteiger partial charge in [-0.1, -0.05) is 6.07 Å². The second kappa shape index (κ2) is 9.47. The third kappa shape index (κ3) is 4.39. The molecule has 0 unspecified atom stereocenters. The summed E-state index contributed by atoms with van der Waals surface area (Å²) in [5, 5.41) is 12.4. The van der Waals surface area contributed by atoms with E-state index in [0.29, 0.717) is 55.6 Å². The fraction of sp³-hybridized carbons (Fsp3) is 0.348. The number of benzene rings is 1. The first-order valence-corrected chi connectivity index (χ1v) is 10.3. The van der Waals surface area contributed by atoms with Gasteiger partial charge in [-0.2, -0.15) is 10.2 Å². The van der Waals surface area contributed by atoms with Crippen LogP contribution in [0.25, 0.3) is 11.7 Å². The average molecular weight is 436 g/mol. The van der Waals surface area contributed by atoms with Crippen molar-refractivity contribution < 1.29 is 23.1 Å². The molecule has 1 saturated heterocycles. The molecular weight excluding hydrogens is 412 g/mol. The van der Waals surface area contributed by atoms with Gasteiger partial charge in [0.15, 0.2) is 17.3 Å². The van der Waals surface area contributed by atoms with Crippen molar-refractivity contribution in [2.24, 2.45) is 5.92 Å². The first-order valence-electron chi connectivity index (χ1n) is 10.3. The number of carbonyl (C=O) groups is 1. The zero-order chi connectivity index (χ0) is 22.5. The number of carbonyl (C=O) groups excluding carboxylic acids is 1. The summed E-state index contributed by atoms with van der Waals surface area (Å²) in [6.45, 7) is 1.60. The van der Waals surface area contributed by atoms with Gasteiger partial charge < -0.3 is 28.5 Å². The van der Waals surface area contributed by atoms with E-state index in [2.05, 4.69) is 16.4 Å². The second-order valence-corrected chi connectivity index (χ2v) is 7.43. The molecule has 9 heteroatoms. The first-order chi connectivity index (χ1) is 15.6. The zero-order valence-electron chi connectivity index (χ0n) is 18.0. The molecule has 0 radical (unpaired) electrons. The Hall–Kier alpha value is -3.93. The molecule has 3 heterocycles. The Morgan fingerprint density at radius 3 is 2.69 bits per heavy atom. The van der Waals surface area contributed by atoms with Crippen LogP contribution >= 0.6 is 0 Å². The fourth-order valence-corrected chi connectivity index (χ4v) is 3.77.